The zero-order chi connectivity index (χ0) is 24.8. The Balaban J connectivity index is 1.29. The number of amides is 2. The lowest BCUT2D eigenvalue weighted by atomic mass is 10.1. The Morgan fingerprint density at radius 2 is 1.63 bits per heavy atom. The fourth-order valence-corrected chi connectivity index (χ4v) is 5.50. The van der Waals surface area contributed by atoms with E-state index in [1.165, 1.54) is 0 Å². The van der Waals surface area contributed by atoms with E-state index in [0.29, 0.717) is 35.8 Å². The summed E-state index contributed by atoms with van der Waals surface area (Å²) >= 11 is 0. The predicted octanol–water partition coefficient (Wildman–Crippen LogP) is 2.98. The summed E-state index contributed by atoms with van der Waals surface area (Å²) in [6.07, 6.45) is 5.34. The molecule has 4 rings (SSSR count). The topological polar surface area (TPSA) is 113 Å². The van der Waals surface area contributed by atoms with Gasteiger partial charge in [0, 0.05) is 38.4 Å². The Hall–Kier alpha value is -3.50. The molecular weight excluding hydrogens is 466 g/mol. The summed E-state index contributed by atoms with van der Waals surface area (Å²) in [6, 6.07) is 15.6. The van der Waals surface area contributed by atoms with Gasteiger partial charge in [0.25, 0.3) is 5.91 Å². The first-order chi connectivity index (χ1) is 16.9. The molecule has 1 fully saturated rings. The third kappa shape index (κ3) is 5.95. The predicted molar refractivity (Wildman–Crippen MR) is 133 cm³/mol. The van der Waals surface area contributed by atoms with Gasteiger partial charge >= 0.3 is 0 Å². The van der Waals surface area contributed by atoms with Gasteiger partial charge in [0.2, 0.25) is 15.9 Å². The number of piperidine rings is 1. The lowest BCUT2D eigenvalue weighted by Crippen LogP contribution is -2.35. The summed E-state index contributed by atoms with van der Waals surface area (Å²) in [6.45, 7) is 1.15. The molecule has 0 unspecified atom stereocenters. The molecule has 9 nitrogen and oxygen atoms in total. The summed E-state index contributed by atoms with van der Waals surface area (Å²) in [7, 11) is -1.90. The van der Waals surface area contributed by atoms with Gasteiger partial charge in [-0.2, -0.15) is 9.40 Å². The number of carbonyl (C=O) groups is 2. The molecule has 0 radical (unpaired) electrons. The van der Waals surface area contributed by atoms with Crippen LogP contribution >= 0.6 is 0 Å². The van der Waals surface area contributed by atoms with E-state index >= 15 is 0 Å². The van der Waals surface area contributed by atoms with Crippen LogP contribution in [0.15, 0.2) is 65.7 Å². The number of aromatic nitrogens is 2. The number of anilines is 1. The zero-order valence-electron chi connectivity index (χ0n) is 19.6. The van der Waals surface area contributed by atoms with Crippen molar-refractivity contribution in [1.29, 1.82) is 0 Å². The Labute approximate surface area is 205 Å². The number of rotatable bonds is 8. The molecule has 1 saturated heterocycles. The highest BCUT2D eigenvalue weighted by Gasteiger charge is 2.25. The van der Waals surface area contributed by atoms with Gasteiger partial charge in [-0.05, 0) is 67.3 Å². The molecule has 0 spiro atoms. The molecule has 0 saturated carbocycles. The Kier molecular flexibility index (Phi) is 7.62. The average Bonchev–Trinajstić information content (AvgIpc) is 3.39. The van der Waals surface area contributed by atoms with Crippen molar-refractivity contribution in [2.24, 2.45) is 0 Å². The quantitative estimate of drug-likeness (QED) is 0.499. The van der Waals surface area contributed by atoms with Crippen LogP contribution in [0.4, 0.5) is 5.69 Å². The van der Waals surface area contributed by atoms with E-state index < -0.39 is 10.0 Å². The van der Waals surface area contributed by atoms with Crippen molar-refractivity contribution in [2.45, 2.75) is 37.0 Å². The minimum absolute atomic E-state index is 0.135. The van der Waals surface area contributed by atoms with Crippen molar-refractivity contribution in [2.75, 3.05) is 25.5 Å². The van der Waals surface area contributed by atoms with E-state index in [-0.39, 0.29) is 18.2 Å². The number of hydrogen-bond acceptors (Lipinski definition) is 5. The SMILES string of the molecule is CNC(=O)c1ccn(-c2ccc(NC(=O)CCc3ccc(S(=O)(=O)N4CCCCC4)cc3)cc2)n1. The zero-order valence-corrected chi connectivity index (χ0v) is 20.4. The minimum atomic E-state index is -3.45. The normalized spacial score (nSPS) is 14.4. The highest BCUT2D eigenvalue weighted by Crippen LogP contribution is 2.21. The summed E-state index contributed by atoms with van der Waals surface area (Å²) in [4.78, 5) is 24.4. The van der Waals surface area contributed by atoms with Gasteiger partial charge in [-0.3, -0.25) is 9.59 Å². The number of benzene rings is 2. The minimum Gasteiger partial charge on any atom is -0.354 e. The van der Waals surface area contributed by atoms with Crippen LogP contribution in [0.5, 0.6) is 0 Å². The van der Waals surface area contributed by atoms with Crippen LogP contribution in [0.25, 0.3) is 5.69 Å². The molecule has 0 atom stereocenters. The maximum absolute atomic E-state index is 12.8. The molecular formula is C25H29N5O4S. The number of carbonyl (C=O) groups excluding carboxylic acids is 2. The molecule has 2 heterocycles. The van der Waals surface area contributed by atoms with Crippen LogP contribution in [0.1, 0.15) is 41.7 Å². The first-order valence-electron chi connectivity index (χ1n) is 11.6. The Morgan fingerprint density at radius 3 is 2.29 bits per heavy atom. The molecule has 10 heteroatoms. The highest BCUT2D eigenvalue weighted by molar-refractivity contribution is 7.89. The smallest absolute Gasteiger partial charge is 0.271 e. The van der Waals surface area contributed by atoms with Gasteiger partial charge in [0.1, 0.15) is 0 Å². The standard InChI is InChI=1S/C25H29N5O4S/c1-26-25(32)23-15-18-30(28-23)21-10-8-20(9-11-21)27-24(31)14-7-19-5-12-22(13-6-19)35(33,34)29-16-3-2-4-17-29/h5-6,8-13,15,18H,2-4,7,14,16-17H2,1H3,(H,26,32)(H,27,31). The first kappa shape index (κ1) is 24.6. The van der Waals surface area contributed by atoms with E-state index in [1.807, 2.05) is 0 Å². The Morgan fingerprint density at radius 1 is 0.943 bits per heavy atom. The third-order valence-corrected chi connectivity index (χ3v) is 7.89. The van der Waals surface area contributed by atoms with Crippen molar-refractivity contribution >= 4 is 27.5 Å². The molecule has 35 heavy (non-hydrogen) atoms. The van der Waals surface area contributed by atoms with Crippen molar-refractivity contribution in [3.8, 4) is 5.69 Å². The maximum Gasteiger partial charge on any atom is 0.271 e. The van der Waals surface area contributed by atoms with E-state index in [0.717, 1.165) is 30.5 Å². The van der Waals surface area contributed by atoms with E-state index in [1.54, 1.807) is 76.8 Å². The number of sulfonamides is 1. The van der Waals surface area contributed by atoms with Gasteiger partial charge < -0.3 is 10.6 Å². The van der Waals surface area contributed by atoms with Crippen molar-refractivity contribution in [1.82, 2.24) is 19.4 Å². The van der Waals surface area contributed by atoms with Gasteiger partial charge in [-0.1, -0.05) is 18.6 Å². The van der Waals surface area contributed by atoms with Gasteiger partial charge in [-0.15, -0.1) is 0 Å². The molecule has 0 aliphatic carbocycles. The van der Waals surface area contributed by atoms with Crippen LogP contribution in [0.3, 0.4) is 0 Å². The van der Waals surface area contributed by atoms with Gasteiger partial charge in [0.15, 0.2) is 5.69 Å². The lowest BCUT2D eigenvalue weighted by molar-refractivity contribution is -0.116. The third-order valence-electron chi connectivity index (χ3n) is 5.98. The van der Waals surface area contributed by atoms with E-state index in [4.69, 9.17) is 0 Å². The second kappa shape index (κ2) is 10.8. The van der Waals surface area contributed by atoms with Gasteiger partial charge in [-0.25, -0.2) is 13.1 Å². The van der Waals surface area contributed by atoms with Crippen LogP contribution in [0.2, 0.25) is 0 Å². The number of nitrogens with one attached hydrogen (secondary N) is 2. The molecule has 2 amide bonds. The molecule has 1 aromatic heterocycles. The number of hydrogen-bond donors (Lipinski definition) is 2. The highest BCUT2D eigenvalue weighted by atomic mass is 32.2. The Bertz CT molecular complexity index is 1280. The molecule has 1 aliphatic rings. The van der Waals surface area contributed by atoms with E-state index in [2.05, 4.69) is 15.7 Å². The van der Waals surface area contributed by atoms with Crippen molar-refractivity contribution in [3.63, 3.8) is 0 Å². The summed E-state index contributed by atoms with van der Waals surface area (Å²) in [5.41, 5.74) is 2.64. The monoisotopic (exact) mass is 495 g/mol. The molecule has 0 bridgehead atoms. The molecule has 184 valence electrons. The molecule has 2 N–H and O–H groups in total. The summed E-state index contributed by atoms with van der Waals surface area (Å²) in [5, 5.41) is 9.63. The van der Waals surface area contributed by atoms with E-state index in [9.17, 15) is 18.0 Å². The van der Waals surface area contributed by atoms with Crippen LogP contribution in [-0.2, 0) is 21.2 Å². The fourth-order valence-electron chi connectivity index (χ4n) is 3.98. The lowest BCUT2D eigenvalue weighted by Gasteiger charge is -2.25. The number of aryl methyl sites for hydroxylation is 1. The largest absolute Gasteiger partial charge is 0.354 e. The van der Waals surface area contributed by atoms with Gasteiger partial charge in [0.05, 0.1) is 10.6 Å². The van der Waals surface area contributed by atoms with Crippen LogP contribution < -0.4 is 10.6 Å². The fraction of sp³-hybridized carbons (Fsp3) is 0.320. The summed E-state index contributed by atoms with van der Waals surface area (Å²) < 4.78 is 28.7. The molecule has 3 aromatic rings. The average molecular weight is 496 g/mol. The molecule has 2 aromatic carbocycles. The van der Waals surface area contributed by atoms with Crippen molar-refractivity contribution < 1.29 is 18.0 Å². The maximum atomic E-state index is 12.8. The molecule has 1 aliphatic heterocycles. The second-order valence-electron chi connectivity index (χ2n) is 8.43. The first-order valence-corrected chi connectivity index (χ1v) is 13.1. The van der Waals surface area contributed by atoms with Crippen LogP contribution in [-0.4, -0.2) is 54.5 Å². The van der Waals surface area contributed by atoms with Crippen molar-refractivity contribution in [3.05, 3.63) is 72.1 Å². The van der Waals surface area contributed by atoms with Crippen LogP contribution in [0, 0.1) is 0 Å². The summed E-state index contributed by atoms with van der Waals surface area (Å²) in [5.74, 6) is -0.394. The number of nitrogens with zero attached hydrogens (tertiary/aromatic N) is 3. The second-order valence-corrected chi connectivity index (χ2v) is 10.4.